The second-order valence-corrected chi connectivity index (χ2v) is 4.96. The molecule has 0 bridgehead atoms. The summed E-state index contributed by atoms with van der Waals surface area (Å²) < 4.78 is 1.78. The molecule has 6 heteroatoms. The molecule has 1 aliphatic heterocycles. The molecule has 0 radical (unpaired) electrons. The highest BCUT2D eigenvalue weighted by atomic mass is 16.2. The summed E-state index contributed by atoms with van der Waals surface area (Å²) in [5.41, 5.74) is 1.02. The summed E-state index contributed by atoms with van der Waals surface area (Å²) >= 11 is 0. The fourth-order valence-electron chi connectivity index (χ4n) is 2.25. The van der Waals surface area contributed by atoms with E-state index in [0.29, 0.717) is 13.1 Å². The third-order valence-corrected chi connectivity index (χ3v) is 3.27. The van der Waals surface area contributed by atoms with Gasteiger partial charge in [0.2, 0.25) is 5.91 Å². The number of hydrogen-bond donors (Lipinski definition) is 2. The summed E-state index contributed by atoms with van der Waals surface area (Å²) in [6, 6.07) is 1.98. The summed E-state index contributed by atoms with van der Waals surface area (Å²) in [4.78, 5) is 14.0. The second-order valence-electron chi connectivity index (χ2n) is 4.96. The number of carbonyl (C=O) groups is 1. The topological polar surface area (TPSA) is 62.2 Å². The molecule has 1 fully saturated rings. The number of amides is 1. The van der Waals surface area contributed by atoms with Gasteiger partial charge in [-0.3, -0.25) is 14.4 Å². The van der Waals surface area contributed by atoms with Crippen LogP contribution in [0.25, 0.3) is 0 Å². The molecule has 6 nitrogen and oxygen atoms in total. The van der Waals surface area contributed by atoms with Crippen LogP contribution in [0.4, 0.5) is 0 Å². The smallest absolute Gasteiger partial charge is 0.234 e. The van der Waals surface area contributed by atoms with Crippen LogP contribution in [0.5, 0.6) is 0 Å². The van der Waals surface area contributed by atoms with E-state index in [4.69, 9.17) is 0 Å². The Morgan fingerprint density at radius 3 is 3.16 bits per heavy atom. The van der Waals surface area contributed by atoms with Gasteiger partial charge in [0.05, 0.1) is 12.2 Å². The zero-order valence-corrected chi connectivity index (χ0v) is 11.6. The maximum Gasteiger partial charge on any atom is 0.234 e. The molecule has 1 saturated heterocycles. The Bertz CT molecular complexity index is 395. The van der Waals surface area contributed by atoms with E-state index >= 15 is 0 Å². The lowest BCUT2D eigenvalue weighted by molar-refractivity contribution is -0.122. The molecule has 1 aromatic heterocycles. The summed E-state index contributed by atoms with van der Waals surface area (Å²) in [7, 11) is 1.90. The standard InChI is InChI=1S/C13H23N5O/c1-17-9-4-12(16-17)3-6-15-13(19)11-18-8-2-5-14-7-10-18/h4,9,14H,2-3,5-8,10-11H2,1H3,(H,15,19). The van der Waals surface area contributed by atoms with Crippen molar-refractivity contribution in [3.63, 3.8) is 0 Å². The first kappa shape index (κ1) is 14.0. The number of rotatable bonds is 5. The van der Waals surface area contributed by atoms with E-state index in [1.807, 2.05) is 19.3 Å². The Morgan fingerprint density at radius 1 is 1.47 bits per heavy atom. The zero-order valence-electron chi connectivity index (χ0n) is 11.6. The predicted molar refractivity (Wildman–Crippen MR) is 73.8 cm³/mol. The molecule has 0 unspecified atom stereocenters. The lowest BCUT2D eigenvalue weighted by Crippen LogP contribution is -2.39. The van der Waals surface area contributed by atoms with Gasteiger partial charge in [-0.15, -0.1) is 0 Å². The summed E-state index contributed by atoms with van der Waals surface area (Å²) in [6.45, 7) is 5.14. The van der Waals surface area contributed by atoms with Crippen LogP contribution in [0.1, 0.15) is 12.1 Å². The molecule has 2 heterocycles. The molecule has 0 spiro atoms. The highest BCUT2D eigenvalue weighted by Crippen LogP contribution is 1.96. The predicted octanol–water partition coefficient (Wildman–Crippen LogP) is -0.626. The summed E-state index contributed by atoms with van der Waals surface area (Å²) in [5, 5.41) is 10.6. The third kappa shape index (κ3) is 5.00. The Kier molecular flexibility index (Phi) is 5.35. The lowest BCUT2D eigenvalue weighted by Gasteiger charge is -2.18. The van der Waals surface area contributed by atoms with E-state index in [-0.39, 0.29) is 5.91 Å². The maximum atomic E-state index is 11.8. The van der Waals surface area contributed by atoms with Crippen LogP contribution >= 0.6 is 0 Å². The average molecular weight is 265 g/mol. The zero-order chi connectivity index (χ0) is 13.5. The van der Waals surface area contributed by atoms with Crippen molar-refractivity contribution >= 4 is 5.91 Å². The molecule has 0 saturated carbocycles. The number of carbonyl (C=O) groups excluding carboxylic acids is 1. The highest BCUT2D eigenvalue weighted by Gasteiger charge is 2.12. The quantitative estimate of drug-likeness (QED) is 0.744. The van der Waals surface area contributed by atoms with Gasteiger partial charge >= 0.3 is 0 Å². The van der Waals surface area contributed by atoms with E-state index in [1.54, 1.807) is 4.68 Å². The summed E-state index contributed by atoms with van der Waals surface area (Å²) in [6.07, 6.45) is 3.82. The Balaban J connectivity index is 1.63. The van der Waals surface area contributed by atoms with Crippen molar-refractivity contribution in [3.8, 4) is 0 Å². The van der Waals surface area contributed by atoms with E-state index in [9.17, 15) is 4.79 Å². The number of nitrogens with one attached hydrogen (secondary N) is 2. The van der Waals surface area contributed by atoms with Crippen LogP contribution in [0, 0.1) is 0 Å². The molecule has 1 aromatic rings. The molecule has 19 heavy (non-hydrogen) atoms. The van der Waals surface area contributed by atoms with E-state index in [2.05, 4.69) is 20.6 Å². The van der Waals surface area contributed by atoms with Gasteiger partial charge in [-0.1, -0.05) is 0 Å². The first-order chi connectivity index (χ1) is 9.24. The van der Waals surface area contributed by atoms with Gasteiger partial charge < -0.3 is 10.6 Å². The highest BCUT2D eigenvalue weighted by molar-refractivity contribution is 5.78. The molecule has 1 amide bonds. The van der Waals surface area contributed by atoms with Crippen molar-refractivity contribution in [1.82, 2.24) is 25.3 Å². The minimum Gasteiger partial charge on any atom is -0.355 e. The SMILES string of the molecule is Cn1ccc(CCNC(=O)CN2CCCNCC2)n1. The molecule has 1 aliphatic rings. The second kappa shape index (κ2) is 7.25. The van der Waals surface area contributed by atoms with E-state index < -0.39 is 0 Å². The normalized spacial score (nSPS) is 17.1. The van der Waals surface area contributed by atoms with Gasteiger partial charge in [0, 0.05) is 39.3 Å². The minimum absolute atomic E-state index is 0.109. The van der Waals surface area contributed by atoms with Crippen molar-refractivity contribution in [1.29, 1.82) is 0 Å². The Labute approximate surface area is 114 Å². The van der Waals surface area contributed by atoms with Crippen molar-refractivity contribution in [2.45, 2.75) is 12.8 Å². The largest absolute Gasteiger partial charge is 0.355 e. The third-order valence-electron chi connectivity index (χ3n) is 3.27. The molecule has 2 N–H and O–H groups in total. The average Bonchev–Trinajstić information content (AvgIpc) is 2.63. The van der Waals surface area contributed by atoms with Crippen LogP contribution in [-0.4, -0.2) is 59.9 Å². The van der Waals surface area contributed by atoms with Crippen LogP contribution < -0.4 is 10.6 Å². The molecule has 0 atom stereocenters. The van der Waals surface area contributed by atoms with Crippen molar-refractivity contribution in [2.24, 2.45) is 7.05 Å². The van der Waals surface area contributed by atoms with E-state index in [1.165, 1.54) is 0 Å². The Morgan fingerprint density at radius 2 is 2.37 bits per heavy atom. The molecule has 2 rings (SSSR count). The fraction of sp³-hybridized carbons (Fsp3) is 0.692. The minimum atomic E-state index is 0.109. The number of nitrogens with zero attached hydrogens (tertiary/aromatic N) is 3. The van der Waals surface area contributed by atoms with Crippen LogP contribution in [0.3, 0.4) is 0 Å². The van der Waals surface area contributed by atoms with Crippen molar-refractivity contribution in [3.05, 3.63) is 18.0 Å². The maximum absolute atomic E-state index is 11.8. The first-order valence-corrected chi connectivity index (χ1v) is 6.92. The van der Waals surface area contributed by atoms with Crippen LogP contribution in [0.2, 0.25) is 0 Å². The van der Waals surface area contributed by atoms with Crippen LogP contribution in [0.15, 0.2) is 12.3 Å². The molecule has 106 valence electrons. The lowest BCUT2D eigenvalue weighted by atomic mass is 10.3. The number of aromatic nitrogens is 2. The Hall–Kier alpha value is -1.40. The van der Waals surface area contributed by atoms with Gasteiger partial charge in [-0.05, 0) is 25.6 Å². The number of aryl methyl sites for hydroxylation is 1. The number of hydrogen-bond acceptors (Lipinski definition) is 4. The van der Waals surface area contributed by atoms with Gasteiger partial charge in [0.25, 0.3) is 0 Å². The fourth-order valence-corrected chi connectivity index (χ4v) is 2.25. The van der Waals surface area contributed by atoms with Gasteiger partial charge in [-0.25, -0.2) is 0 Å². The van der Waals surface area contributed by atoms with Gasteiger partial charge in [0.15, 0.2) is 0 Å². The molecular formula is C13H23N5O. The van der Waals surface area contributed by atoms with Crippen molar-refractivity contribution in [2.75, 3.05) is 39.3 Å². The molecule has 0 aromatic carbocycles. The van der Waals surface area contributed by atoms with E-state index in [0.717, 1.165) is 44.7 Å². The molecule has 0 aliphatic carbocycles. The summed E-state index contributed by atoms with van der Waals surface area (Å²) in [5.74, 6) is 0.109. The van der Waals surface area contributed by atoms with Gasteiger partial charge in [0.1, 0.15) is 0 Å². The van der Waals surface area contributed by atoms with Crippen molar-refractivity contribution < 1.29 is 4.79 Å². The van der Waals surface area contributed by atoms with Crippen LogP contribution in [-0.2, 0) is 18.3 Å². The monoisotopic (exact) mass is 265 g/mol. The first-order valence-electron chi connectivity index (χ1n) is 6.92. The van der Waals surface area contributed by atoms with Gasteiger partial charge in [-0.2, -0.15) is 5.10 Å². The molecular weight excluding hydrogens is 242 g/mol.